The first-order valence-electron chi connectivity index (χ1n) is 29.0. The van der Waals surface area contributed by atoms with Gasteiger partial charge in [0.15, 0.2) is 0 Å². The van der Waals surface area contributed by atoms with Gasteiger partial charge in [0.2, 0.25) is 5.91 Å². The van der Waals surface area contributed by atoms with Crippen molar-refractivity contribution in [3.8, 4) is 0 Å². The number of carbonyl (C=O) groups excluding carboxylic acids is 1. The molecule has 0 aliphatic rings. The average molecular weight is 891 g/mol. The van der Waals surface area contributed by atoms with Crippen LogP contribution >= 0.6 is 0 Å². The van der Waals surface area contributed by atoms with Crippen LogP contribution in [-0.2, 0) is 4.79 Å². The van der Waals surface area contributed by atoms with Crippen molar-refractivity contribution in [2.45, 2.75) is 347 Å². The first-order chi connectivity index (χ1) is 31.1. The Kier molecular flexibility index (Phi) is 52.9. The van der Waals surface area contributed by atoms with Crippen molar-refractivity contribution in [3.63, 3.8) is 0 Å². The molecule has 1 amide bonds. The largest absolute Gasteiger partial charge is 0.394 e. The second kappa shape index (κ2) is 53.7. The highest BCUT2D eigenvalue weighted by molar-refractivity contribution is 5.80. The Morgan fingerprint density at radius 3 is 0.873 bits per heavy atom. The van der Waals surface area contributed by atoms with Gasteiger partial charge in [0, 0.05) is 0 Å². The topological polar surface area (TPSA) is 89.8 Å². The Labute approximate surface area is 395 Å². The molecule has 0 aromatic rings. The van der Waals surface area contributed by atoms with Gasteiger partial charge >= 0.3 is 0 Å². The summed E-state index contributed by atoms with van der Waals surface area (Å²) in [4.78, 5) is 12.6. The van der Waals surface area contributed by atoms with Gasteiger partial charge in [-0.05, 0) is 38.5 Å². The van der Waals surface area contributed by atoms with E-state index in [-0.39, 0.29) is 6.61 Å². The lowest BCUT2D eigenvalue weighted by atomic mass is 10.0. The van der Waals surface area contributed by atoms with Gasteiger partial charge in [-0.2, -0.15) is 0 Å². The predicted octanol–water partition coefficient (Wildman–Crippen LogP) is 17.9. The summed E-state index contributed by atoms with van der Waals surface area (Å²) < 4.78 is 0. The van der Waals surface area contributed by atoms with E-state index in [1.807, 2.05) is 0 Å². The summed E-state index contributed by atoms with van der Waals surface area (Å²) in [5.41, 5.74) is 0. The zero-order valence-electron chi connectivity index (χ0n) is 43.0. The molecular weight excluding hydrogens is 775 g/mol. The quantitative estimate of drug-likeness (QED) is 0.0362. The molecule has 0 spiro atoms. The number of nitrogens with one attached hydrogen (secondary N) is 1. The molecule has 0 saturated heterocycles. The lowest BCUT2D eigenvalue weighted by Crippen LogP contribution is -2.49. The molecule has 0 bridgehead atoms. The molecule has 376 valence electrons. The van der Waals surface area contributed by atoms with Gasteiger partial charge in [-0.1, -0.05) is 302 Å². The molecule has 0 aliphatic heterocycles. The Hall–Kier alpha value is -0.910. The fourth-order valence-electron chi connectivity index (χ4n) is 9.37. The van der Waals surface area contributed by atoms with Crippen LogP contribution in [0.15, 0.2) is 12.2 Å². The second-order valence-corrected chi connectivity index (χ2v) is 20.2. The monoisotopic (exact) mass is 890 g/mol. The molecule has 3 atom stereocenters. The maximum atomic E-state index is 12.6. The number of amides is 1. The molecule has 0 aliphatic carbocycles. The number of hydrogen-bond acceptors (Lipinski definition) is 4. The van der Waals surface area contributed by atoms with Gasteiger partial charge < -0.3 is 20.6 Å². The normalized spacial score (nSPS) is 13.3. The smallest absolute Gasteiger partial charge is 0.249 e. The fraction of sp³-hybridized carbons (Fsp3) is 0.948. The fourth-order valence-corrected chi connectivity index (χ4v) is 9.37. The molecule has 3 unspecified atom stereocenters. The number of allylic oxidation sites excluding steroid dienone is 2. The maximum absolute atomic E-state index is 12.6. The van der Waals surface area contributed by atoms with Crippen LogP contribution in [0.4, 0.5) is 0 Å². The van der Waals surface area contributed by atoms with Crippen LogP contribution in [0.1, 0.15) is 328 Å². The van der Waals surface area contributed by atoms with E-state index in [4.69, 9.17) is 0 Å². The molecule has 63 heavy (non-hydrogen) atoms. The number of aliphatic hydroxyl groups is 3. The lowest BCUT2D eigenvalue weighted by Gasteiger charge is -2.23. The summed E-state index contributed by atoms with van der Waals surface area (Å²) in [6, 6.07) is -0.709. The third-order valence-electron chi connectivity index (χ3n) is 13.9. The molecule has 0 heterocycles. The van der Waals surface area contributed by atoms with E-state index < -0.39 is 24.2 Å². The van der Waals surface area contributed by atoms with Gasteiger partial charge in [0.25, 0.3) is 0 Å². The summed E-state index contributed by atoms with van der Waals surface area (Å²) in [6.07, 6.45) is 66.9. The number of carbonyl (C=O) groups is 1. The first kappa shape index (κ1) is 62.1. The van der Waals surface area contributed by atoms with Gasteiger partial charge in [-0.25, -0.2) is 0 Å². The molecule has 5 nitrogen and oxygen atoms in total. The first-order valence-corrected chi connectivity index (χ1v) is 29.0. The standard InChI is InChI=1S/C58H115NO4/c1-3-5-7-9-11-13-15-17-19-21-23-24-25-26-27-28-29-30-31-32-33-34-35-37-39-41-43-45-47-49-51-53-57(62)58(63)59-55(54-60)56(61)52-50-48-46-44-42-40-38-36-22-20-18-16-14-12-10-8-6-4-2/h26-27,55-57,60-62H,3-25,28-54H2,1-2H3,(H,59,63)/b27-26-. The highest BCUT2D eigenvalue weighted by Crippen LogP contribution is 2.18. The van der Waals surface area contributed by atoms with Crippen LogP contribution in [0.2, 0.25) is 0 Å². The van der Waals surface area contributed by atoms with Crippen LogP contribution in [0, 0.1) is 0 Å². The molecule has 0 aromatic heterocycles. The Bertz CT molecular complexity index is 894. The third kappa shape index (κ3) is 48.8. The zero-order valence-corrected chi connectivity index (χ0v) is 43.0. The van der Waals surface area contributed by atoms with Crippen molar-refractivity contribution in [2.24, 2.45) is 0 Å². The van der Waals surface area contributed by atoms with Crippen molar-refractivity contribution >= 4 is 5.91 Å². The Morgan fingerprint density at radius 1 is 0.365 bits per heavy atom. The molecule has 0 fully saturated rings. The minimum Gasteiger partial charge on any atom is -0.394 e. The van der Waals surface area contributed by atoms with E-state index >= 15 is 0 Å². The van der Waals surface area contributed by atoms with E-state index in [1.165, 1.54) is 270 Å². The van der Waals surface area contributed by atoms with E-state index in [1.54, 1.807) is 0 Å². The number of unbranched alkanes of at least 4 members (excludes halogenated alkanes) is 44. The van der Waals surface area contributed by atoms with Crippen molar-refractivity contribution in [1.29, 1.82) is 0 Å². The highest BCUT2D eigenvalue weighted by atomic mass is 16.3. The average Bonchev–Trinajstić information content (AvgIpc) is 3.29. The van der Waals surface area contributed by atoms with Gasteiger partial charge in [-0.3, -0.25) is 4.79 Å². The lowest BCUT2D eigenvalue weighted by molar-refractivity contribution is -0.131. The summed E-state index contributed by atoms with van der Waals surface area (Å²) >= 11 is 0. The number of aliphatic hydroxyl groups excluding tert-OH is 3. The highest BCUT2D eigenvalue weighted by Gasteiger charge is 2.23. The van der Waals surface area contributed by atoms with Gasteiger partial charge in [0.05, 0.1) is 18.8 Å². The van der Waals surface area contributed by atoms with E-state index in [0.29, 0.717) is 12.8 Å². The summed E-state index contributed by atoms with van der Waals surface area (Å²) in [5, 5.41) is 33.5. The van der Waals surface area contributed by atoms with E-state index in [2.05, 4.69) is 31.3 Å². The molecule has 4 N–H and O–H groups in total. The van der Waals surface area contributed by atoms with Crippen LogP contribution in [0.3, 0.4) is 0 Å². The summed E-state index contributed by atoms with van der Waals surface area (Å²) in [5.74, 6) is -0.464. The van der Waals surface area contributed by atoms with Crippen LogP contribution < -0.4 is 5.32 Å². The van der Waals surface area contributed by atoms with Crippen molar-refractivity contribution < 1.29 is 20.1 Å². The molecular formula is C58H115NO4. The summed E-state index contributed by atoms with van der Waals surface area (Å²) in [6.45, 7) is 4.27. The zero-order chi connectivity index (χ0) is 45.8. The molecule has 0 radical (unpaired) electrons. The third-order valence-corrected chi connectivity index (χ3v) is 13.9. The van der Waals surface area contributed by atoms with E-state index in [9.17, 15) is 20.1 Å². The van der Waals surface area contributed by atoms with Gasteiger partial charge in [-0.15, -0.1) is 0 Å². The van der Waals surface area contributed by atoms with Crippen LogP contribution in [-0.4, -0.2) is 46.1 Å². The van der Waals surface area contributed by atoms with Crippen LogP contribution in [0.25, 0.3) is 0 Å². The SMILES string of the molecule is CCCCCCCCCCCCCC/C=C\CCCCCCCCCCCCCCCCCC(O)C(=O)NC(CO)C(O)CCCCCCCCCCCCCCCCCCCC. The minimum atomic E-state index is -1.07. The van der Waals surface area contributed by atoms with E-state index in [0.717, 1.165) is 32.1 Å². The maximum Gasteiger partial charge on any atom is 0.249 e. The van der Waals surface area contributed by atoms with Gasteiger partial charge in [0.1, 0.15) is 6.10 Å². The van der Waals surface area contributed by atoms with Crippen LogP contribution in [0.5, 0.6) is 0 Å². The molecule has 5 heteroatoms. The molecule has 0 saturated carbocycles. The Morgan fingerprint density at radius 2 is 0.603 bits per heavy atom. The van der Waals surface area contributed by atoms with Crippen molar-refractivity contribution in [3.05, 3.63) is 12.2 Å². The van der Waals surface area contributed by atoms with Crippen molar-refractivity contribution in [2.75, 3.05) is 6.61 Å². The Balaban J connectivity index is 3.48. The number of rotatable bonds is 54. The summed E-state index contributed by atoms with van der Waals surface area (Å²) in [7, 11) is 0. The molecule has 0 rings (SSSR count). The minimum absolute atomic E-state index is 0.309. The second-order valence-electron chi connectivity index (χ2n) is 20.2. The predicted molar refractivity (Wildman–Crippen MR) is 278 cm³/mol. The molecule has 0 aromatic carbocycles. The number of hydrogen-bond donors (Lipinski definition) is 4. The van der Waals surface area contributed by atoms with Crippen molar-refractivity contribution in [1.82, 2.24) is 5.32 Å².